The first-order chi connectivity index (χ1) is 9.06. The van der Waals surface area contributed by atoms with Crippen molar-refractivity contribution in [1.29, 1.82) is 0 Å². The highest BCUT2D eigenvalue weighted by atomic mass is 16.5. The molecule has 1 aliphatic carbocycles. The van der Waals surface area contributed by atoms with Gasteiger partial charge in [0.25, 0.3) is 0 Å². The summed E-state index contributed by atoms with van der Waals surface area (Å²) in [4.78, 5) is 0. The molecule has 106 valence electrons. The van der Waals surface area contributed by atoms with Gasteiger partial charge in [-0.1, -0.05) is 32.0 Å². The summed E-state index contributed by atoms with van der Waals surface area (Å²) in [6.07, 6.45) is 4.89. The van der Waals surface area contributed by atoms with Gasteiger partial charge in [0.05, 0.1) is 6.10 Å². The number of hydrogen-bond donors (Lipinski definition) is 1. The molecule has 1 saturated carbocycles. The zero-order valence-corrected chi connectivity index (χ0v) is 12.4. The molecule has 2 rings (SSSR count). The summed E-state index contributed by atoms with van der Waals surface area (Å²) >= 11 is 0. The molecule has 1 aromatic carbocycles. The van der Waals surface area contributed by atoms with Gasteiger partial charge in [-0.3, -0.25) is 0 Å². The lowest BCUT2D eigenvalue weighted by atomic mass is 9.80. The summed E-state index contributed by atoms with van der Waals surface area (Å²) in [7, 11) is 0. The van der Waals surface area contributed by atoms with Crippen molar-refractivity contribution in [1.82, 2.24) is 0 Å². The Morgan fingerprint density at radius 1 is 1.21 bits per heavy atom. The van der Waals surface area contributed by atoms with Crippen LogP contribution < -0.4 is 10.5 Å². The van der Waals surface area contributed by atoms with E-state index in [1.165, 1.54) is 24.8 Å². The van der Waals surface area contributed by atoms with Crippen molar-refractivity contribution >= 4 is 0 Å². The lowest BCUT2D eigenvalue weighted by molar-refractivity contribution is 0.0996. The van der Waals surface area contributed by atoms with Crippen molar-refractivity contribution in [2.24, 2.45) is 17.6 Å². The van der Waals surface area contributed by atoms with Crippen molar-refractivity contribution < 1.29 is 4.74 Å². The third-order valence-electron chi connectivity index (χ3n) is 4.36. The fourth-order valence-electron chi connectivity index (χ4n) is 2.92. The van der Waals surface area contributed by atoms with Gasteiger partial charge in [-0.2, -0.15) is 0 Å². The van der Waals surface area contributed by atoms with Crippen molar-refractivity contribution in [2.45, 2.75) is 58.6 Å². The summed E-state index contributed by atoms with van der Waals surface area (Å²) in [5.41, 5.74) is 7.15. The Balaban J connectivity index is 2.02. The number of rotatable bonds is 4. The predicted molar refractivity (Wildman–Crippen MR) is 80.4 cm³/mol. The normalized spacial score (nSPS) is 28.9. The topological polar surface area (TPSA) is 35.2 Å². The van der Waals surface area contributed by atoms with Crippen LogP contribution in [0.2, 0.25) is 0 Å². The molecule has 4 unspecified atom stereocenters. The van der Waals surface area contributed by atoms with E-state index in [1.54, 1.807) is 0 Å². The molecule has 19 heavy (non-hydrogen) atoms. The lowest BCUT2D eigenvalue weighted by Gasteiger charge is -2.32. The SMILES string of the molecule is CC(N)Cc1ccccc1OC1CCC(C)C(C)C1. The first-order valence-corrected chi connectivity index (χ1v) is 7.56. The summed E-state index contributed by atoms with van der Waals surface area (Å²) in [5.74, 6) is 2.63. The smallest absolute Gasteiger partial charge is 0.122 e. The zero-order chi connectivity index (χ0) is 13.8. The van der Waals surface area contributed by atoms with Gasteiger partial charge in [0, 0.05) is 6.04 Å². The molecule has 2 N–H and O–H groups in total. The van der Waals surface area contributed by atoms with Crippen molar-refractivity contribution in [2.75, 3.05) is 0 Å². The van der Waals surface area contributed by atoms with Gasteiger partial charge in [-0.15, -0.1) is 0 Å². The minimum Gasteiger partial charge on any atom is -0.490 e. The molecule has 0 aromatic heterocycles. The molecule has 1 aliphatic rings. The molecule has 0 saturated heterocycles. The van der Waals surface area contributed by atoms with E-state index >= 15 is 0 Å². The van der Waals surface area contributed by atoms with Crippen LogP contribution in [0.4, 0.5) is 0 Å². The average molecular weight is 261 g/mol. The molecule has 0 spiro atoms. The molecular formula is C17H27NO. The predicted octanol–water partition coefficient (Wildman–Crippen LogP) is 3.78. The van der Waals surface area contributed by atoms with E-state index in [0.717, 1.165) is 24.0 Å². The second kappa shape index (κ2) is 6.42. The highest BCUT2D eigenvalue weighted by Crippen LogP contribution is 2.32. The number of benzene rings is 1. The number of ether oxygens (including phenoxy) is 1. The van der Waals surface area contributed by atoms with E-state index in [2.05, 4.69) is 38.1 Å². The monoisotopic (exact) mass is 261 g/mol. The van der Waals surface area contributed by atoms with Gasteiger partial charge in [0.2, 0.25) is 0 Å². The van der Waals surface area contributed by atoms with Crippen molar-refractivity contribution in [3.63, 3.8) is 0 Å². The summed E-state index contributed by atoms with van der Waals surface area (Å²) < 4.78 is 6.25. The Kier molecular flexibility index (Phi) is 4.87. The number of nitrogens with two attached hydrogens (primary N) is 1. The zero-order valence-electron chi connectivity index (χ0n) is 12.4. The molecular weight excluding hydrogens is 234 g/mol. The highest BCUT2D eigenvalue weighted by Gasteiger charge is 2.26. The second-order valence-electron chi connectivity index (χ2n) is 6.30. The standard InChI is InChI=1S/C17H27NO/c1-12-8-9-16(10-13(12)2)19-17-7-5-4-6-15(17)11-14(3)18/h4-7,12-14,16H,8-11,18H2,1-3H3. The van der Waals surface area contributed by atoms with Crippen LogP contribution in [0.3, 0.4) is 0 Å². The summed E-state index contributed by atoms with van der Waals surface area (Å²) in [6, 6.07) is 8.51. The summed E-state index contributed by atoms with van der Waals surface area (Å²) in [5, 5.41) is 0. The maximum atomic E-state index is 6.25. The van der Waals surface area contributed by atoms with E-state index in [0.29, 0.717) is 6.10 Å². The van der Waals surface area contributed by atoms with Gasteiger partial charge in [-0.25, -0.2) is 0 Å². The molecule has 0 radical (unpaired) electrons. The van der Waals surface area contributed by atoms with Gasteiger partial charge in [0.1, 0.15) is 5.75 Å². The first kappa shape index (κ1) is 14.4. The Morgan fingerprint density at radius 3 is 2.63 bits per heavy atom. The fraction of sp³-hybridized carbons (Fsp3) is 0.647. The molecule has 0 bridgehead atoms. The van der Waals surface area contributed by atoms with Crippen LogP contribution in [-0.4, -0.2) is 12.1 Å². The molecule has 2 heteroatoms. The third kappa shape index (κ3) is 3.97. The Labute approximate surface area is 117 Å². The molecule has 2 nitrogen and oxygen atoms in total. The van der Waals surface area contributed by atoms with Crippen molar-refractivity contribution in [3.05, 3.63) is 29.8 Å². The number of hydrogen-bond acceptors (Lipinski definition) is 2. The maximum Gasteiger partial charge on any atom is 0.122 e. The minimum absolute atomic E-state index is 0.176. The Hall–Kier alpha value is -1.02. The average Bonchev–Trinajstić information content (AvgIpc) is 2.36. The van der Waals surface area contributed by atoms with Crippen molar-refractivity contribution in [3.8, 4) is 5.75 Å². The van der Waals surface area contributed by atoms with E-state index in [4.69, 9.17) is 10.5 Å². The maximum absolute atomic E-state index is 6.25. The summed E-state index contributed by atoms with van der Waals surface area (Å²) in [6.45, 7) is 6.74. The van der Waals surface area contributed by atoms with Crippen LogP contribution in [0.5, 0.6) is 5.75 Å². The molecule has 4 atom stereocenters. The Morgan fingerprint density at radius 2 is 1.95 bits per heavy atom. The van der Waals surface area contributed by atoms with Crippen LogP contribution in [-0.2, 0) is 6.42 Å². The van der Waals surface area contributed by atoms with E-state index in [1.807, 2.05) is 6.92 Å². The van der Waals surface area contributed by atoms with Crippen LogP contribution in [0.1, 0.15) is 45.6 Å². The van der Waals surface area contributed by atoms with Gasteiger partial charge in [0.15, 0.2) is 0 Å². The van der Waals surface area contributed by atoms with E-state index < -0.39 is 0 Å². The van der Waals surface area contributed by atoms with E-state index in [9.17, 15) is 0 Å². The molecule has 0 aliphatic heterocycles. The first-order valence-electron chi connectivity index (χ1n) is 7.56. The van der Waals surface area contributed by atoms with Crippen LogP contribution >= 0.6 is 0 Å². The Bertz CT molecular complexity index is 402. The second-order valence-corrected chi connectivity index (χ2v) is 6.30. The molecule has 1 fully saturated rings. The van der Waals surface area contributed by atoms with Crippen LogP contribution in [0, 0.1) is 11.8 Å². The van der Waals surface area contributed by atoms with Gasteiger partial charge < -0.3 is 10.5 Å². The highest BCUT2D eigenvalue weighted by molar-refractivity contribution is 5.34. The van der Waals surface area contributed by atoms with Gasteiger partial charge >= 0.3 is 0 Å². The fourth-order valence-corrected chi connectivity index (χ4v) is 2.92. The largest absolute Gasteiger partial charge is 0.490 e. The van der Waals surface area contributed by atoms with E-state index in [-0.39, 0.29) is 6.04 Å². The van der Waals surface area contributed by atoms with Crippen LogP contribution in [0.25, 0.3) is 0 Å². The molecule has 0 heterocycles. The number of para-hydroxylation sites is 1. The van der Waals surface area contributed by atoms with Gasteiger partial charge in [-0.05, 0) is 56.1 Å². The molecule has 1 aromatic rings. The quantitative estimate of drug-likeness (QED) is 0.895. The minimum atomic E-state index is 0.176. The lowest BCUT2D eigenvalue weighted by Crippen LogP contribution is -2.29. The van der Waals surface area contributed by atoms with Crippen LogP contribution in [0.15, 0.2) is 24.3 Å². The molecule has 0 amide bonds. The third-order valence-corrected chi connectivity index (χ3v) is 4.36.